The van der Waals surface area contributed by atoms with Crippen molar-refractivity contribution in [3.63, 3.8) is 0 Å². The van der Waals surface area contributed by atoms with Gasteiger partial charge in [0, 0.05) is 19.5 Å². The second-order valence-corrected chi connectivity index (χ2v) is 7.04. The number of benzene rings is 1. The van der Waals surface area contributed by atoms with Crippen molar-refractivity contribution < 1.29 is 37.0 Å². The molecule has 0 atom stereocenters. The van der Waals surface area contributed by atoms with Gasteiger partial charge in [0.25, 0.3) is 10.0 Å². The molecule has 2 amide bonds. The van der Waals surface area contributed by atoms with Gasteiger partial charge in [-0.05, 0) is 24.6 Å². The lowest BCUT2D eigenvalue weighted by Crippen LogP contribution is -2.28. The molecule has 1 rings (SSSR count). The highest BCUT2D eigenvalue weighted by molar-refractivity contribution is 7.90. The molecule has 10 nitrogen and oxygen atoms in total. The Morgan fingerprint density at radius 3 is 2.39 bits per heavy atom. The number of ether oxygens (including phenoxy) is 4. The average molecular weight is 416 g/mol. The van der Waals surface area contributed by atoms with Gasteiger partial charge in [-0.3, -0.25) is 9.59 Å². The number of carbonyl (C=O) groups is 2. The Bertz CT molecular complexity index is 779. The van der Waals surface area contributed by atoms with E-state index < -0.39 is 15.9 Å². The molecular formula is C17H24N2O8S. The van der Waals surface area contributed by atoms with Crippen LogP contribution in [0.2, 0.25) is 0 Å². The average Bonchev–Trinajstić information content (AvgIpc) is 2.59. The minimum absolute atomic E-state index is 0.0292. The predicted molar refractivity (Wildman–Crippen MR) is 99.9 cm³/mol. The molecule has 0 fully saturated rings. The van der Waals surface area contributed by atoms with Gasteiger partial charge in [-0.25, -0.2) is 13.1 Å². The summed E-state index contributed by atoms with van der Waals surface area (Å²) in [5.41, 5.74) is 0.239. The van der Waals surface area contributed by atoms with Crippen molar-refractivity contribution in [2.45, 2.75) is 25.2 Å². The van der Waals surface area contributed by atoms with Crippen LogP contribution in [0.1, 0.15) is 20.3 Å². The monoisotopic (exact) mass is 416 g/mol. The summed E-state index contributed by atoms with van der Waals surface area (Å²) in [6.07, 6.45) is 1.84. The molecule has 2 N–H and O–H groups in total. The van der Waals surface area contributed by atoms with Crippen LogP contribution >= 0.6 is 0 Å². The van der Waals surface area contributed by atoms with Gasteiger partial charge in [0.15, 0.2) is 13.6 Å². The van der Waals surface area contributed by atoms with Crippen LogP contribution < -0.4 is 14.8 Å². The van der Waals surface area contributed by atoms with Gasteiger partial charge in [0.05, 0.1) is 19.5 Å². The lowest BCUT2D eigenvalue weighted by molar-refractivity contribution is -0.117. The van der Waals surface area contributed by atoms with Gasteiger partial charge >= 0.3 is 0 Å². The van der Waals surface area contributed by atoms with E-state index in [0.717, 1.165) is 6.92 Å². The number of rotatable bonds is 13. The zero-order valence-corrected chi connectivity index (χ0v) is 16.5. The first-order chi connectivity index (χ1) is 13.3. The highest BCUT2D eigenvalue weighted by atomic mass is 32.2. The summed E-state index contributed by atoms with van der Waals surface area (Å²) in [6.45, 7) is 6.33. The molecule has 0 spiro atoms. The number of nitrogens with one attached hydrogen (secondary N) is 2. The molecule has 0 aliphatic carbocycles. The summed E-state index contributed by atoms with van der Waals surface area (Å²) in [5, 5.41) is 2.47. The van der Waals surface area contributed by atoms with E-state index in [1.54, 1.807) is 0 Å². The Labute approximate surface area is 163 Å². The van der Waals surface area contributed by atoms with E-state index in [2.05, 4.69) is 11.9 Å². The van der Waals surface area contributed by atoms with Gasteiger partial charge in [-0.2, -0.15) is 0 Å². The Morgan fingerprint density at radius 1 is 1.11 bits per heavy atom. The predicted octanol–water partition coefficient (Wildman–Crippen LogP) is 1.35. The van der Waals surface area contributed by atoms with Crippen LogP contribution in [0.3, 0.4) is 0 Å². The molecule has 0 heterocycles. The summed E-state index contributed by atoms with van der Waals surface area (Å²) in [6, 6.07) is 4.02. The lowest BCUT2D eigenvalue weighted by atomic mass is 10.3. The fraction of sp³-hybridized carbons (Fsp3) is 0.412. The van der Waals surface area contributed by atoms with Crippen LogP contribution in [0.25, 0.3) is 0 Å². The molecule has 0 unspecified atom stereocenters. The first-order valence-electron chi connectivity index (χ1n) is 8.22. The fourth-order valence-corrected chi connectivity index (χ4v) is 3.11. The molecule has 0 saturated carbocycles. The molecule has 0 saturated heterocycles. The molecule has 156 valence electrons. The van der Waals surface area contributed by atoms with Crippen molar-refractivity contribution in [3.05, 3.63) is 31.0 Å². The van der Waals surface area contributed by atoms with E-state index >= 15 is 0 Å². The second-order valence-electron chi connectivity index (χ2n) is 5.39. The number of hydrogen-bond acceptors (Lipinski definition) is 8. The Kier molecular flexibility index (Phi) is 9.99. The lowest BCUT2D eigenvalue weighted by Gasteiger charge is -2.14. The number of carbonyl (C=O) groups excluding carboxylic acids is 2. The Hall–Kier alpha value is -2.63. The number of amides is 2. The van der Waals surface area contributed by atoms with E-state index in [-0.39, 0.29) is 35.8 Å². The molecule has 0 aliphatic heterocycles. The molecule has 0 radical (unpaired) electrons. The van der Waals surface area contributed by atoms with E-state index in [0.29, 0.717) is 19.6 Å². The molecule has 0 aliphatic rings. The van der Waals surface area contributed by atoms with Gasteiger partial charge in [0.2, 0.25) is 11.8 Å². The highest BCUT2D eigenvalue weighted by Gasteiger charge is 2.22. The fourth-order valence-electron chi connectivity index (χ4n) is 1.94. The first kappa shape index (κ1) is 23.4. The zero-order valence-electron chi connectivity index (χ0n) is 15.7. The molecule has 1 aromatic carbocycles. The van der Waals surface area contributed by atoms with Gasteiger partial charge in [-0.15, -0.1) is 0 Å². The van der Waals surface area contributed by atoms with Crippen molar-refractivity contribution >= 4 is 27.5 Å². The second kappa shape index (κ2) is 12.0. The van der Waals surface area contributed by atoms with Crippen LogP contribution in [-0.4, -0.2) is 47.0 Å². The third kappa shape index (κ3) is 8.84. The van der Waals surface area contributed by atoms with Crippen molar-refractivity contribution in [2.24, 2.45) is 0 Å². The Balaban J connectivity index is 2.70. The summed E-state index contributed by atoms with van der Waals surface area (Å²) >= 11 is 0. The number of sulfonamides is 1. The minimum atomic E-state index is -4.18. The Morgan fingerprint density at radius 2 is 1.79 bits per heavy atom. The third-order valence-corrected chi connectivity index (χ3v) is 4.43. The number of anilines is 1. The first-order valence-corrected chi connectivity index (χ1v) is 9.70. The minimum Gasteiger partial charge on any atom is -0.476 e. The molecule has 0 aromatic heterocycles. The third-order valence-electron chi connectivity index (χ3n) is 2.98. The van der Waals surface area contributed by atoms with Crippen LogP contribution in [0, 0.1) is 0 Å². The van der Waals surface area contributed by atoms with Crippen molar-refractivity contribution in [1.82, 2.24) is 4.72 Å². The smallest absolute Gasteiger partial charge is 0.267 e. The van der Waals surface area contributed by atoms with Crippen LogP contribution in [-0.2, 0) is 33.8 Å². The van der Waals surface area contributed by atoms with E-state index in [9.17, 15) is 18.0 Å². The van der Waals surface area contributed by atoms with Crippen molar-refractivity contribution in [1.29, 1.82) is 0 Å². The summed E-state index contributed by atoms with van der Waals surface area (Å²) < 4.78 is 47.1. The summed E-state index contributed by atoms with van der Waals surface area (Å²) in [4.78, 5) is 22.1. The van der Waals surface area contributed by atoms with E-state index in [1.807, 2.05) is 4.72 Å². The van der Waals surface area contributed by atoms with Crippen molar-refractivity contribution in [2.75, 3.05) is 32.1 Å². The van der Waals surface area contributed by atoms with Crippen LogP contribution in [0.5, 0.6) is 5.75 Å². The highest BCUT2D eigenvalue weighted by Crippen LogP contribution is 2.27. The maximum atomic E-state index is 12.4. The van der Waals surface area contributed by atoms with Gasteiger partial charge < -0.3 is 24.3 Å². The molecule has 11 heteroatoms. The maximum absolute atomic E-state index is 12.4. The topological polar surface area (TPSA) is 129 Å². The van der Waals surface area contributed by atoms with Gasteiger partial charge in [-0.1, -0.05) is 6.58 Å². The molecule has 1 aromatic rings. The summed E-state index contributed by atoms with van der Waals surface area (Å²) in [5.74, 6) is -1.16. The standard InChI is InChI=1S/C17H24N2O8S/c1-4-24-11-25-8-5-9-26-12-27-16-7-6-15(18-13(2)20)10-17(16)28(22,23)19-14(3)21/h4,6-7,10H,1,5,8-9,11-12H2,2-3H3,(H,18,20)(H,19,21). The molecular weight excluding hydrogens is 392 g/mol. The molecule has 0 bridgehead atoms. The quantitative estimate of drug-likeness (QED) is 0.280. The normalized spacial score (nSPS) is 10.8. The van der Waals surface area contributed by atoms with Crippen molar-refractivity contribution in [3.8, 4) is 5.75 Å². The van der Waals surface area contributed by atoms with E-state index in [1.165, 1.54) is 31.4 Å². The van der Waals surface area contributed by atoms with E-state index in [4.69, 9.17) is 18.9 Å². The van der Waals surface area contributed by atoms with Crippen LogP contribution in [0.15, 0.2) is 35.9 Å². The maximum Gasteiger partial charge on any atom is 0.267 e. The zero-order chi connectivity index (χ0) is 21.0. The largest absolute Gasteiger partial charge is 0.476 e. The van der Waals surface area contributed by atoms with Gasteiger partial charge in [0.1, 0.15) is 10.6 Å². The van der Waals surface area contributed by atoms with Crippen LogP contribution in [0.4, 0.5) is 5.69 Å². The summed E-state index contributed by atoms with van der Waals surface area (Å²) in [7, 11) is -4.18. The number of hydrogen-bond donors (Lipinski definition) is 2. The molecule has 28 heavy (non-hydrogen) atoms. The SMILES string of the molecule is C=COCOCCCOCOc1ccc(NC(C)=O)cc1S(=O)(=O)NC(C)=O.